The van der Waals surface area contributed by atoms with Crippen molar-refractivity contribution >= 4 is 0 Å². The maximum atomic E-state index is 2.33. The van der Waals surface area contributed by atoms with E-state index >= 15 is 0 Å². The minimum Gasteiger partial charge on any atom is -0.0856 e. The number of hydrogen-bond acceptors (Lipinski definition) is 0. The van der Waals surface area contributed by atoms with E-state index in [1.54, 1.807) is 0 Å². The van der Waals surface area contributed by atoms with Crippen LogP contribution in [0.2, 0.25) is 0 Å². The summed E-state index contributed by atoms with van der Waals surface area (Å²) in [4.78, 5) is 0. The third-order valence-corrected chi connectivity index (χ3v) is 2.51. The zero-order valence-electron chi connectivity index (χ0n) is 8.86. The Hall–Kier alpha value is -0.260. The van der Waals surface area contributed by atoms with Gasteiger partial charge in [0.1, 0.15) is 0 Å². The lowest BCUT2D eigenvalue weighted by Crippen LogP contribution is -2.18. The van der Waals surface area contributed by atoms with Gasteiger partial charge in [0.2, 0.25) is 0 Å². The van der Waals surface area contributed by atoms with E-state index in [0.29, 0.717) is 11.3 Å². The van der Waals surface area contributed by atoms with Gasteiger partial charge in [-0.1, -0.05) is 46.3 Å². The molecular formula is C11H22. The Morgan fingerprint density at radius 1 is 1.36 bits per heavy atom. The molecule has 1 unspecified atom stereocenters. The van der Waals surface area contributed by atoms with Crippen molar-refractivity contribution in [3.63, 3.8) is 0 Å². The smallest absolute Gasteiger partial charge is 0.0186 e. The molecule has 0 rings (SSSR count). The highest BCUT2D eigenvalue weighted by molar-refractivity contribution is 5.04. The van der Waals surface area contributed by atoms with Gasteiger partial charge in [-0.25, -0.2) is 0 Å². The first-order valence-corrected chi connectivity index (χ1v) is 4.56. The molecule has 0 N–H and O–H groups in total. The van der Waals surface area contributed by atoms with Crippen LogP contribution >= 0.6 is 0 Å². The fourth-order valence-corrected chi connectivity index (χ4v) is 1.18. The van der Waals surface area contributed by atoms with Crippen molar-refractivity contribution in [2.24, 2.45) is 11.3 Å². The lowest BCUT2D eigenvalue weighted by Gasteiger charge is -2.28. The Labute approximate surface area is 71.7 Å². The molecule has 0 aromatic rings. The summed E-state index contributed by atoms with van der Waals surface area (Å²) in [5.74, 6) is 0.697. The fourth-order valence-electron chi connectivity index (χ4n) is 1.18. The van der Waals surface area contributed by atoms with Gasteiger partial charge in [-0.15, -0.1) is 0 Å². The van der Waals surface area contributed by atoms with Crippen LogP contribution in [0, 0.1) is 11.3 Å². The number of allylic oxidation sites excluding steroid dienone is 2. The second kappa shape index (κ2) is 3.94. The molecule has 0 aromatic heterocycles. The molecule has 0 radical (unpaired) electrons. The van der Waals surface area contributed by atoms with Gasteiger partial charge in [0.25, 0.3) is 0 Å². The van der Waals surface area contributed by atoms with Crippen molar-refractivity contribution < 1.29 is 0 Å². The molecule has 0 aromatic carbocycles. The molecule has 0 amide bonds. The van der Waals surface area contributed by atoms with Gasteiger partial charge in [0, 0.05) is 0 Å². The largest absolute Gasteiger partial charge is 0.0856 e. The summed E-state index contributed by atoms with van der Waals surface area (Å²) in [6.07, 6.45) is 3.49. The van der Waals surface area contributed by atoms with Crippen LogP contribution < -0.4 is 0 Å². The average Bonchev–Trinajstić information content (AvgIpc) is 1.85. The van der Waals surface area contributed by atoms with E-state index in [9.17, 15) is 0 Å². The summed E-state index contributed by atoms with van der Waals surface area (Å²) < 4.78 is 0. The maximum absolute atomic E-state index is 2.33. The predicted octanol–water partition coefficient (Wildman–Crippen LogP) is 4.02. The second-order valence-electron chi connectivity index (χ2n) is 4.44. The Morgan fingerprint density at radius 2 is 1.82 bits per heavy atom. The van der Waals surface area contributed by atoms with Gasteiger partial charge in [-0.05, 0) is 24.7 Å². The molecule has 0 spiro atoms. The molecule has 66 valence electrons. The van der Waals surface area contributed by atoms with Crippen molar-refractivity contribution in [3.05, 3.63) is 11.6 Å². The maximum Gasteiger partial charge on any atom is -0.0186 e. The summed E-state index contributed by atoms with van der Waals surface area (Å²) in [7, 11) is 0. The Bertz CT molecular complexity index is 135. The average molecular weight is 154 g/mol. The lowest BCUT2D eigenvalue weighted by atomic mass is 9.78. The normalized spacial score (nSPS) is 16.7. The highest BCUT2D eigenvalue weighted by Crippen LogP contribution is 2.31. The molecule has 0 fully saturated rings. The first-order valence-electron chi connectivity index (χ1n) is 4.56. The third kappa shape index (κ3) is 3.60. The van der Waals surface area contributed by atoms with Crippen LogP contribution in [-0.4, -0.2) is 0 Å². The van der Waals surface area contributed by atoms with Crippen LogP contribution in [0.5, 0.6) is 0 Å². The summed E-state index contributed by atoms with van der Waals surface area (Å²) in [5, 5.41) is 0. The van der Waals surface area contributed by atoms with E-state index in [1.165, 1.54) is 5.57 Å². The van der Waals surface area contributed by atoms with Crippen molar-refractivity contribution in [1.29, 1.82) is 0 Å². The van der Waals surface area contributed by atoms with Crippen molar-refractivity contribution in [2.75, 3.05) is 0 Å². The number of rotatable bonds is 2. The summed E-state index contributed by atoms with van der Waals surface area (Å²) in [5.41, 5.74) is 1.94. The quantitative estimate of drug-likeness (QED) is 0.527. The number of hydrogen-bond donors (Lipinski definition) is 0. The van der Waals surface area contributed by atoms with E-state index in [4.69, 9.17) is 0 Å². The Kier molecular flexibility index (Phi) is 3.85. The van der Waals surface area contributed by atoms with Crippen molar-refractivity contribution in [1.82, 2.24) is 0 Å². The minimum absolute atomic E-state index is 0.412. The SMILES string of the molecule is CCC=C(C)C(C)C(C)(C)C. The van der Waals surface area contributed by atoms with Gasteiger partial charge < -0.3 is 0 Å². The van der Waals surface area contributed by atoms with E-state index in [0.717, 1.165) is 6.42 Å². The third-order valence-electron chi connectivity index (χ3n) is 2.51. The molecule has 0 bridgehead atoms. The van der Waals surface area contributed by atoms with Crippen LogP contribution in [0.25, 0.3) is 0 Å². The summed E-state index contributed by atoms with van der Waals surface area (Å²) >= 11 is 0. The van der Waals surface area contributed by atoms with Crippen LogP contribution in [0.15, 0.2) is 11.6 Å². The second-order valence-corrected chi connectivity index (χ2v) is 4.44. The molecular weight excluding hydrogens is 132 g/mol. The zero-order valence-corrected chi connectivity index (χ0v) is 8.86. The topological polar surface area (TPSA) is 0 Å². The van der Waals surface area contributed by atoms with E-state index < -0.39 is 0 Å². The molecule has 0 aliphatic heterocycles. The van der Waals surface area contributed by atoms with Gasteiger partial charge in [-0.3, -0.25) is 0 Å². The molecule has 11 heavy (non-hydrogen) atoms. The molecule has 1 atom stereocenters. The van der Waals surface area contributed by atoms with E-state index in [1.807, 2.05) is 0 Å². The molecule has 0 heterocycles. The Balaban J connectivity index is 4.25. The van der Waals surface area contributed by atoms with Gasteiger partial charge in [0.15, 0.2) is 0 Å². The Morgan fingerprint density at radius 3 is 2.09 bits per heavy atom. The van der Waals surface area contributed by atoms with Crippen molar-refractivity contribution in [3.8, 4) is 0 Å². The highest BCUT2D eigenvalue weighted by Gasteiger charge is 2.20. The molecule has 0 aliphatic carbocycles. The monoisotopic (exact) mass is 154 g/mol. The van der Waals surface area contributed by atoms with Crippen LogP contribution in [0.3, 0.4) is 0 Å². The standard InChI is InChI=1S/C11H22/c1-7-8-9(2)10(3)11(4,5)6/h8,10H,7H2,1-6H3. The van der Waals surface area contributed by atoms with Crippen LogP contribution in [-0.2, 0) is 0 Å². The van der Waals surface area contributed by atoms with Crippen LogP contribution in [0.1, 0.15) is 48.0 Å². The van der Waals surface area contributed by atoms with E-state index in [2.05, 4.69) is 47.6 Å². The lowest BCUT2D eigenvalue weighted by molar-refractivity contribution is 0.300. The fraction of sp³-hybridized carbons (Fsp3) is 0.818. The van der Waals surface area contributed by atoms with Crippen LogP contribution in [0.4, 0.5) is 0 Å². The van der Waals surface area contributed by atoms with E-state index in [-0.39, 0.29) is 0 Å². The zero-order chi connectivity index (χ0) is 9.07. The first kappa shape index (κ1) is 10.7. The first-order chi connectivity index (χ1) is 4.89. The van der Waals surface area contributed by atoms with Gasteiger partial charge >= 0.3 is 0 Å². The predicted molar refractivity (Wildman–Crippen MR) is 52.7 cm³/mol. The summed E-state index contributed by atoms with van der Waals surface area (Å²) in [6, 6.07) is 0. The molecule has 0 heteroatoms. The molecule has 0 aliphatic rings. The van der Waals surface area contributed by atoms with Crippen molar-refractivity contribution in [2.45, 2.75) is 48.0 Å². The summed E-state index contributed by atoms with van der Waals surface area (Å²) in [6.45, 7) is 13.6. The minimum atomic E-state index is 0.412. The highest BCUT2D eigenvalue weighted by atomic mass is 14.3. The van der Waals surface area contributed by atoms with Gasteiger partial charge in [0.05, 0.1) is 0 Å². The molecule has 0 saturated heterocycles. The molecule has 0 nitrogen and oxygen atoms in total. The molecule has 0 saturated carbocycles. The van der Waals surface area contributed by atoms with Gasteiger partial charge in [-0.2, -0.15) is 0 Å².